The quantitative estimate of drug-likeness (QED) is 0.438. The number of rotatable bonds is 6. The molecule has 10 nitrogen and oxygen atoms in total. The molecular weight excluding hydrogens is 464 g/mol. The summed E-state index contributed by atoms with van der Waals surface area (Å²) >= 11 is 1.55. The monoisotopic (exact) mass is 494 g/mol. The Morgan fingerprint density at radius 1 is 0.971 bits per heavy atom. The third-order valence-electron chi connectivity index (χ3n) is 6.70. The fraction of sp³-hybridized carbons (Fsp3) is 0.458. The summed E-state index contributed by atoms with van der Waals surface area (Å²) in [6, 6.07) is 11.5. The summed E-state index contributed by atoms with van der Waals surface area (Å²) in [7, 11) is 3.26. The molecule has 5 rings (SSSR count). The minimum Gasteiger partial charge on any atom is -0.340 e. The van der Waals surface area contributed by atoms with Gasteiger partial charge in [-0.2, -0.15) is 0 Å². The van der Waals surface area contributed by atoms with Crippen molar-refractivity contribution in [2.45, 2.75) is 23.9 Å². The van der Waals surface area contributed by atoms with Crippen LogP contribution in [0, 0.1) is 0 Å². The molecule has 2 unspecified atom stereocenters. The maximum absolute atomic E-state index is 13.2. The van der Waals surface area contributed by atoms with E-state index in [-0.39, 0.29) is 11.9 Å². The second-order valence-corrected chi connectivity index (χ2v) is 9.96. The molecule has 0 saturated carbocycles. The van der Waals surface area contributed by atoms with Crippen LogP contribution in [0.3, 0.4) is 0 Å². The Kier molecular flexibility index (Phi) is 6.87. The lowest BCUT2D eigenvalue weighted by Gasteiger charge is -2.42. The first-order valence-corrected chi connectivity index (χ1v) is 12.8. The van der Waals surface area contributed by atoms with E-state index in [1.807, 2.05) is 6.07 Å². The molecule has 2 aromatic rings. The number of fused-ring (bicyclic) bond motifs is 1. The Balaban J connectivity index is 1.30. The largest absolute Gasteiger partial charge is 0.340 e. The standard InChI is InChI=1S/C24H30N8O2S/c1-28-20-19(21(33)29(2)24(28)34)32(15-16-35-22-25-9-6-10-26-22)23(27-20)31-13-11-30(12-14-31)17-18-7-4-3-5-8-18/h3-10,19-20H,11-17H2,1-2H3. The van der Waals surface area contributed by atoms with Crippen molar-refractivity contribution in [3.8, 4) is 0 Å². The van der Waals surface area contributed by atoms with Crippen molar-refractivity contribution in [2.24, 2.45) is 4.99 Å². The Labute approximate surface area is 209 Å². The second-order valence-electron chi connectivity index (χ2n) is 8.90. The van der Waals surface area contributed by atoms with Crippen LogP contribution in [0.1, 0.15) is 5.56 Å². The van der Waals surface area contributed by atoms with E-state index in [1.54, 1.807) is 49.2 Å². The minimum absolute atomic E-state index is 0.208. The zero-order valence-corrected chi connectivity index (χ0v) is 20.8. The number of hydrogen-bond acceptors (Lipinski definition) is 9. The summed E-state index contributed by atoms with van der Waals surface area (Å²) in [5.41, 5.74) is 1.31. The van der Waals surface area contributed by atoms with E-state index < -0.39 is 12.2 Å². The molecule has 4 heterocycles. The van der Waals surface area contributed by atoms with Gasteiger partial charge in [-0.15, -0.1) is 0 Å². The van der Waals surface area contributed by atoms with E-state index in [0.29, 0.717) is 17.5 Å². The molecule has 35 heavy (non-hydrogen) atoms. The van der Waals surface area contributed by atoms with Gasteiger partial charge < -0.3 is 14.7 Å². The van der Waals surface area contributed by atoms with Crippen LogP contribution in [0.15, 0.2) is 58.9 Å². The summed E-state index contributed by atoms with van der Waals surface area (Å²) in [4.78, 5) is 48.8. The first-order valence-electron chi connectivity index (χ1n) is 11.8. The predicted octanol–water partition coefficient (Wildman–Crippen LogP) is 1.28. The number of guanidine groups is 1. The van der Waals surface area contributed by atoms with E-state index in [0.717, 1.165) is 38.7 Å². The number of nitrogens with zero attached hydrogens (tertiary/aromatic N) is 8. The number of amides is 3. The Morgan fingerprint density at radius 3 is 2.40 bits per heavy atom. The van der Waals surface area contributed by atoms with Crippen LogP contribution in [0.4, 0.5) is 4.79 Å². The lowest BCUT2D eigenvalue weighted by Crippen LogP contribution is -2.65. The molecule has 2 atom stereocenters. The lowest BCUT2D eigenvalue weighted by atomic mass is 10.1. The molecule has 1 aromatic heterocycles. The molecule has 2 fully saturated rings. The van der Waals surface area contributed by atoms with Gasteiger partial charge in [-0.05, 0) is 11.6 Å². The number of aromatic nitrogens is 2. The normalized spacial score (nSPS) is 23.1. The number of aliphatic imine (C=N–C) groups is 1. The highest BCUT2D eigenvalue weighted by molar-refractivity contribution is 7.99. The maximum atomic E-state index is 13.2. The third kappa shape index (κ3) is 4.83. The molecule has 11 heteroatoms. The average molecular weight is 495 g/mol. The van der Waals surface area contributed by atoms with Gasteiger partial charge in [0.1, 0.15) is 0 Å². The average Bonchev–Trinajstić information content (AvgIpc) is 3.27. The zero-order chi connectivity index (χ0) is 24.4. The van der Waals surface area contributed by atoms with Gasteiger partial charge in [0.25, 0.3) is 5.91 Å². The summed E-state index contributed by atoms with van der Waals surface area (Å²) < 4.78 is 0. The van der Waals surface area contributed by atoms with E-state index in [1.165, 1.54) is 10.5 Å². The zero-order valence-electron chi connectivity index (χ0n) is 20.0. The maximum Gasteiger partial charge on any atom is 0.328 e. The van der Waals surface area contributed by atoms with Gasteiger partial charge in [-0.1, -0.05) is 42.1 Å². The predicted molar refractivity (Wildman–Crippen MR) is 134 cm³/mol. The van der Waals surface area contributed by atoms with Crippen molar-refractivity contribution in [3.63, 3.8) is 0 Å². The van der Waals surface area contributed by atoms with E-state index in [2.05, 4.69) is 48.9 Å². The summed E-state index contributed by atoms with van der Waals surface area (Å²) in [6.07, 6.45) is 2.94. The molecule has 0 aliphatic carbocycles. The summed E-state index contributed by atoms with van der Waals surface area (Å²) in [6.45, 7) is 4.98. The Morgan fingerprint density at radius 2 is 1.69 bits per heavy atom. The third-order valence-corrected chi connectivity index (χ3v) is 7.56. The number of imide groups is 1. The van der Waals surface area contributed by atoms with Gasteiger partial charge in [-0.3, -0.25) is 14.6 Å². The summed E-state index contributed by atoms with van der Waals surface area (Å²) in [5, 5.41) is 0.704. The van der Waals surface area contributed by atoms with Crippen LogP contribution < -0.4 is 0 Å². The van der Waals surface area contributed by atoms with Crippen molar-refractivity contribution in [2.75, 3.05) is 52.6 Å². The van der Waals surface area contributed by atoms with Crippen LogP contribution in [-0.2, 0) is 11.3 Å². The number of benzene rings is 1. The molecule has 3 amide bonds. The number of carbonyl (C=O) groups is 2. The summed E-state index contributed by atoms with van der Waals surface area (Å²) in [5.74, 6) is 1.30. The topological polar surface area (TPSA) is 88.5 Å². The van der Waals surface area contributed by atoms with Crippen LogP contribution in [0.2, 0.25) is 0 Å². The van der Waals surface area contributed by atoms with Gasteiger partial charge in [0.05, 0.1) is 0 Å². The van der Waals surface area contributed by atoms with E-state index in [9.17, 15) is 9.59 Å². The van der Waals surface area contributed by atoms with E-state index >= 15 is 0 Å². The van der Waals surface area contributed by atoms with Gasteiger partial charge >= 0.3 is 6.03 Å². The number of carbonyl (C=O) groups excluding carboxylic acids is 2. The van der Waals surface area contributed by atoms with Crippen molar-refractivity contribution in [3.05, 3.63) is 54.4 Å². The molecule has 0 bridgehead atoms. The van der Waals surface area contributed by atoms with Crippen molar-refractivity contribution in [1.29, 1.82) is 0 Å². The second kappa shape index (κ2) is 10.2. The highest BCUT2D eigenvalue weighted by atomic mass is 32.2. The highest BCUT2D eigenvalue weighted by Crippen LogP contribution is 2.29. The van der Waals surface area contributed by atoms with Crippen molar-refractivity contribution in [1.82, 2.24) is 34.5 Å². The molecule has 0 spiro atoms. The fourth-order valence-electron chi connectivity index (χ4n) is 4.80. The molecule has 3 aliphatic rings. The van der Waals surface area contributed by atoms with Gasteiger partial charge in [0.2, 0.25) is 0 Å². The SMILES string of the molecule is CN1C(=O)C2C(N=C(N3CCN(Cc4ccccc4)CC3)N2CCSc2ncccn2)N(C)C1=O. The number of piperazine rings is 1. The number of thioether (sulfide) groups is 1. The van der Waals surface area contributed by atoms with Crippen molar-refractivity contribution < 1.29 is 9.59 Å². The van der Waals surface area contributed by atoms with Crippen LogP contribution >= 0.6 is 11.8 Å². The smallest absolute Gasteiger partial charge is 0.328 e. The fourth-order valence-corrected chi connectivity index (χ4v) is 5.54. The Bertz CT molecular complexity index is 1080. The minimum atomic E-state index is -0.516. The first kappa shape index (κ1) is 23.6. The van der Waals surface area contributed by atoms with Gasteiger partial charge in [0, 0.05) is 71.5 Å². The molecular formula is C24H30N8O2S. The Hall–Kier alpha value is -3.18. The molecule has 3 aliphatic heterocycles. The first-order chi connectivity index (χ1) is 17.0. The molecule has 0 N–H and O–H groups in total. The lowest BCUT2D eigenvalue weighted by molar-refractivity contribution is -0.136. The van der Waals surface area contributed by atoms with Crippen molar-refractivity contribution >= 4 is 29.7 Å². The molecule has 0 radical (unpaired) electrons. The van der Waals surface area contributed by atoms with Crippen LogP contribution in [0.5, 0.6) is 0 Å². The van der Waals surface area contributed by atoms with Gasteiger partial charge in [0.15, 0.2) is 23.3 Å². The number of hydrogen-bond donors (Lipinski definition) is 0. The number of likely N-dealkylation sites (N-methyl/N-ethyl adjacent to an activating group) is 2. The van der Waals surface area contributed by atoms with Crippen LogP contribution in [-0.4, -0.2) is 117 Å². The van der Waals surface area contributed by atoms with E-state index in [4.69, 9.17) is 4.99 Å². The van der Waals surface area contributed by atoms with Crippen LogP contribution in [0.25, 0.3) is 0 Å². The highest BCUT2D eigenvalue weighted by Gasteiger charge is 2.52. The molecule has 2 saturated heterocycles. The molecule has 1 aromatic carbocycles. The molecule has 184 valence electrons. The van der Waals surface area contributed by atoms with Gasteiger partial charge in [-0.25, -0.2) is 19.8 Å². The number of urea groups is 1.